The van der Waals surface area contributed by atoms with Crippen molar-refractivity contribution < 1.29 is 14.6 Å². The van der Waals surface area contributed by atoms with E-state index in [-0.39, 0.29) is 30.8 Å². The Hall–Kier alpha value is -2.75. The van der Waals surface area contributed by atoms with E-state index in [0.717, 1.165) is 5.56 Å². The topological polar surface area (TPSA) is 85.6 Å². The molecular formula is C18H18ClN3O3. The highest BCUT2D eigenvalue weighted by Crippen LogP contribution is 2.22. The Kier molecular flexibility index (Phi) is 6.63. The highest BCUT2D eigenvalue weighted by molar-refractivity contribution is 6.32. The molecule has 2 amide bonds. The highest BCUT2D eigenvalue weighted by Gasteiger charge is 2.16. The van der Waals surface area contributed by atoms with Crippen molar-refractivity contribution in [1.82, 2.24) is 4.90 Å². The molecule has 2 aromatic carbocycles. The van der Waals surface area contributed by atoms with Gasteiger partial charge in [0, 0.05) is 17.8 Å². The van der Waals surface area contributed by atoms with Crippen LogP contribution in [0.25, 0.3) is 0 Å². The summed E-state index contributed by atoms with van der Waals surface area (Å²) in [5.41, 5.74) is 1.63. The number of ether oxygens (including phenoxy) is 1. The van der Waals surface area contributed by atoms with Gasteiger partial charge in [0.05, 0.1) is 30.8 Å². The summed E-state index contributed by atoms with van der Waals surface area (Å²) in [6, 6.07) is 13.6. The van der Waals surface area contributed by atoms with Gasteiger partial charge in [0.25, 0.3) is 0 Å². The lowest BCUT2D eigenvalue weighted by Crippen LogP contribution is -2.36. The van der Waals surface area contributed by atoms with E-state index < -0.39 is 0 Å². The number of aliphatic hydroxyl groups is 1. The van der Waals surface area contributed by atoms with E-state index in [0.29, 0.717) is 17.0 Å². The fourth-order valence-electron chi connectivity index (χ4n) is 2.30. The number of nitrogens with zero attached hydrogens (tertiary/aromatic N) is 2. The minimum absolute atomic E-state index is 0.161. The van der Waals surface area contributed by atoms with Gasteiger partial charge < -0.3 is 20.1 Å². The zero-order chi connectivity index (χ0) is 18.2. The molecule has 7 heteroatoms. The molecule has 0 radical (unpaired) electrons. The fraction of sp³-hybridized carbons (Fsp3) is 0.222. The van der Waals surface area contributed by atoms with Gasteiger partial charge in [-0.25, -0.2) is 4.79 Å². The predicted molar refractivity (Wildman–Crippen MR) is 95.7 cm³/mol. The lowest BCUT2D eigenvalue weighted by molar-refractivity contribution is 0.184. The summed E-state index contributed by atoms with van der Waals surface area (Å²) in [6.45, 7) is 0.269. The van der Waals surface area contributed by atoms with E-state index in [1.54, 1.807) is 13.2 Å². The lowest BCUT2D eigenvalue weighted by Gasteiger charge is -2.23. The number of rotatable bonds is 6. The van der Waals surface area contributed by atoms with E-state index in [4.69, 9.17) is 21.6 Å². The molecule has 130 valence electrons. The molecule has 0 bridgehead atoms. The normalized spacial score (nSPS) is 10.0. The minimum atomic E-state index is -0.388. The van der Waals surface area contributed by atoms with E-state index in [9.17, 15) is 9.90 Å². The number of hydrogen-bond acceptors (Lipinski definition) is 4. The molecule has 0 aromatic heterocycles. The minimum Gasteiger partial charge on any atom is -0.496 e. The van der Waals surface area contributed by atoms with Crippen LogP contribution < -0.4 is 10.1 Å². The summed E-state index contributed by atoms with van der Waals surface area (Å²) in [7, 11) is 1.56. The standard InChI is InChI=1S/C18H18ClN3O3/c1-25-17-5-3-2-4-14(17)12-22(8-9-23)18(24)21-15-7-6-13(11-20)16(19)10-15/h2-7,10,23H,8-9,12H2,1H3,(H,21,24). The fourth-order valence-corrected chi connectivity index (χ4v) is 2.52. The first-order chi connectivity index (χ1) is 12.1. The van der Waals surface area contributed by atoms with Crippen LogP contribution in [0, 0.1) is 11.3 Å². The Morgan fingerprint density at radius 3 is 2.76 bits per heavy atom. The number of anilines is 1. The molecule has 2 N–H and O–H groups in total. The van der Waals surface area contributed by atoms with Crippen molar-refractivity contribution in [3.63, 3.8) is 0 Å². The number of nitriles is 1. The third kappa shape index (κ3) is 4.86. The number of aliphatic hydroxyl groups excluding tert-OH is 1. The second-order valence-electron chi connectivity index (χ2n) is 5.19. The molecule has 0 heterocycles. The first-order valence-corrected chi connectivity index (χ1v) is 7.95. The number of urea groups is 1. The molecule has 25 heavy (non-hydrogen) atoms. The molecule has 0 fully saturated rings. The van der Waals surface area contributed by atoms with Gasteiger partial charge in [0.2, 0.25) is 0 Å². The summed E-state index contributed by atoms with van der Waals surface area (Å²) in [5.74, 6) is 0.666. The number of amides is 2. The van der Waals surface area contributed by atoms with E-state index >= 15 is 0 Å². The average Bonchev–Trinajstić information content (AvgIpc) is 2.62. The largest absolute Gasteiger partial charge is 0.496 e. The Morgan fingerprint density at radius 1 is 1.36 bits per heavy atom. The summed E-state index contributed by atoms with van der Waals surface area (Å²) in [6.07, 6.45) is 0. The highest BCUT2D eigenvalue weighted by atomic mass is 35.5. The second-order valence-corrected chi connectivity index (χ2v) is 5.60. The van der Waals surface area contributed by atoms with Gasteiger partial charge in [-0.3, -0.25) is 0 Å². The molecule has 0 saturated carbocycles. The maximum atomic E-state index is 12.5. The maximum Gasteiger partial charge on any atom is 0.322 e. The van der Waals surface area contributed by atoms with E-state index in [1.165, 1.54) is 17.0 Å². The molecule has 6 nitrogen and oxygen atoms in total. The van der Waals surface area contributed by atoms with Crippen LogP contribution in [-0.4, -0.2) is 36.3 Å². The summed E-state index contributed by atoms with van der Waals surface area (Å²) in [4.78, 5) is 14.0. The molecule has 2 rings (SSSR count). The van der Waals surface area contributed by atoms with Gasteiger partial charge in [-0.05, 0) is 24.3 Å². The monoisotopic (exact) mass is 359 g/mol. The predicted octanol–water partition coefficient (Wildman–Crippen LogP) is 3.25. The van der Waals surface area contributed by atoms with Crippen LogP contribution in [0.1, 0.15) is 11.1 Å². The number of para-hydroxylation sites is 1. The van der Waals surface area contributed by atoms with Crippen molar-refractivity contribution in [3.05, 3.63) is 58.6 Å². The van der Waals surface area contributed by atoms with Crippen molar-refractivity contribution in [2.24, 2.45) is 0 Å². The molecular weight excluding hydrogens is 342 g/mol. The Bertz CT molecular complexity index is 789. The molecule has 0 saturated heterocycles. The third-order valence-electron chi connectivity index (χ3n) is 3.55. The number of halogens is 1. The van der Waals surface area contributed by atoms with Gasteiger partial charge in [-0.1, -0.05) is 29.8 Å². The van der Waals surface area contributed by atoms with Crippen molar-refractivity contribution in [1.29, 1.82) is 5.26 Å². The summed E-state index contributed by atoms with van der Waals surface area (Å²) in [5, 5.41) is 21.1. The Labute approximate surface area is 151 Å². The van der Waals surface area contributed by atoms with Crippen molar-refractivity contribution in [2.75, 3.05) is 25.6 Å². The summed E-state index contributed by atoms with van der Waals surface area (Å²) >= 11 is 5.98. The van der Waals surface area contributed by atoms with Gasteiger partial charge >= 0.3 is 6.03 Å². The van der Waals surface area contributed by atoms with Crippen LogP contribution in [0.3, 0.4) is 0 Å². The zero-order valence-corrected chi connectivity index (χ0v) is 14.5. The molecule has 2 aromatic rings. The smallest absolute Gasteiger partial charge is 0.322 e. The van der Waals surface area contributed by atoms with Crippen LogP contribution >= 0.6 is 11.6 Å². The molecule has 0 spiro atoms. The average molecular weight is 360 g/mol. The molecule has 0 aliphatic rings. The maximum absolute atomic E-state index is 12.5. The number of nitrogens with one attached hydrogen (secondary N) is 1. The van der Waals surface area contributed by atoms with Gasteiger partial charge in [-0.15, -0.1) is 0 Å². The number of carbonyl (C=O) groups is 1. The van der Waals surface area contributed by atoms with Crippen LogP contribution in [0.2, 0.25) is 5.02 Å². The van der Waals surface area contributed by atoms with Crippen LogP contribution in [0.5, 0.6) is 5.75 Å². The van der Waals surface area contributed by atoms with Crippen molar-refractivity contribution >= 4 is 23.3 Å². The Morgan fingerprint density at radius 2 is 2.12 bits per heavy atom. The zero-order valence-electron chi connectivity index (χ0n) is 13.7. The van der Waals surface area contributed by atoms with Crippen LogP contribution in [0.4, 0.5) is 10.5 Å². The molecule has 0 unspecified atom stereocenters. The first-order valence-electron chi connectivity index (χ1n) is 7.57. The third-order valence-corrected chi connectivity index (χ3v) is 3.86. The number of hydrogen-bond donors (Lipinski definition) is 2. The molecule has 0 aliphatic heterocycles. The van der Waals surface area contributed by atoms with Crippen LogP contribution in [-0.2, 0) is 6.54 Å². The quantitative estimate of drug-likeness (QED) is 0.829. The van der Waals surface area contributed by atoms with Crippen molar-refractivity contribution in [2.45, 2.75) is 6.54 Å². The second kappa shape index (κ2) is 8.92. The summed E-state index contributed by atoms with van der Waals surface area (Å²) < 4.78 is 5.29. The molecule has 0 atom stereocenters. The van der Waals surface area contributed by atoms with Crippen molar-refractivity contribution in [3.8, 4) is 11.8 Å². The van der Waals surface area contributed by atoms with Gasteiger partial charge in [0.15, 0.2) is 0 Å². The molecule has 0 aliphatic carbocycles. The lowest BCUT2D eigenvalue weighted by atomic mass is 10.2. The van der Waals surface area contributed by atoms with Gasteiger partial charge in [-0.2, -0.15) is 5.26 Å². The van der Waals surface area contributed by atoms with Gasteiger partial charge in [0.1, 0.15) is 11.8 Å². The number of benzene rings is 2. The number of carbonyl (C=O) groups excluding carboxylic acids is 1. The SMILES string of the molecule is COc1ccccc1CN(CCO)C(=O)Nc1ccc(C#N)c(Cl)c1. The van der Waals surface area contributed by atoms with E-state index in [1.807, 2.05) is 30.3 Å². The number of methoxy groups -OCH3 is 1. The first kappa shape index (κ1) is 18.6. The Balaban J connectivity index is 2.15. The van der Waals surface area contributed by atoms with E-state index in [2.05, 4.69) is 5.32 Å². The van der Waals surface area contributed by atoms with Crippen LogP contribution in [0.15, 0.2) is 42.5 Å².